The lowest BCUT2D eigenvalue weighted by atomic mass is 10.1. The van der Waals surface area contributed by atoms with Crippen LogP contribution in [0, 0.1) is 12.7 Å². The Kier molecular flexibility index (Phi) is 5.23. The summed E-state index contributed by atoms with van der Waals surface area (Å²) in [5, 5.41) is 4.09. The van der Waals surface area contributed by atoms with Crippen molar-refractivity contribution >= 4 is 33.3 Å². The molecule has 8 heteroatoms. The Balaban J connectivity index is 1.61. The van der Waals surface area contributed by atoms with Crippen LogP contribution in [0.3, 0.4) is 0 Å². The monoisotopic (exact) mass is 400 g/mol. The van der Waals surface area contributed by atoms with Crippen LogP contribution >= 0.6 is 11.3 Å². The third kappa shape index (κ3) is 3.57. The molecule has 1 aliphatic heterocycles. The number of carbonyl (C=O) groups is 1. The first-order chi connectivity index (χ1) is 13.5. The number of carbonyl (C=O) groups excluding carboxylic acids is 1. The lowest BCUT2D eigenvalue weighted by Crippen LogP contribution is -2.37. The van der Waals surface area contributed by atoms with E-state index in [0.717, 1.165) is 27.8 Å². The summed E-state index contributed by atoms with van der Waals surface area (Å²) in [5.41, 5.74) is 1.68. The second-order valence-electron chi connectivity index (χ2n) is 6.88. The van der Waals surface area contributed by atoms with E-state index in [4.69, 9.17) is 4.74 Å². The van der Waals surface area contributed by atoms with Gasteiger partial charge in [0.2, 0.25) is 0 Å². The van der Waals surface area contributed by atoms with Gasteiger partial charge < -0.3 is 15.0 Å². The van der Waals surface area contributed by atoms with Gasteiger partial charge in [-0.05, 0) is 36.6 Å². The molecule has 0 aliphatic carbocycles. The maximum absolute atomic E-state index is 13.4. The first kappa shape index (κ1) is 18.8. The highest BCUT2D eigenvalue weighted by atomic mass is 32.1. The maximum atomic E-state index is 13.4. The van der Waals surface area contributed by atoms with E-state index in [1.54, 1.807) is 11.0 Å². The number of halogens is 1. The second kappa shape index (κ2) is 7.81. The molecule has 1 fully saturated rings. The minimum absolute atomic E-state index is 0.0212. The van der Waals surface area contributed by atoms with Crippen LogP contribution in [0.4, 0.5) is 10.2 Å². The molecule has 4 rings (SSSR count). The number of aryl methyl sites for hydroxylation is 1. The first-order valence-electron chi connectivity index (χ1n) is 9.12. The van der Waals surface area contributed by atoms with Crippen LogP contribution in [-0.4, -0.2) is 47.1 Å². The van der Waals surface area contributed by atoms with E-state index < -0.39 is 0 Å². The van der Waals surface area contributed by atoms with E-state index in [2.05, 4.69) is 15.3 Å². The van der Waals surface area contributed by atoms with Crippen molar-refractivity contribution in [3.05, 3.63) is 52.4 Å². The predicted octanol–water partition coefficient (Wildman–Crippen LogP) is 3.61. The van der Waals surface area contributed by atoms with E-state index in [1.807, 2.05) is 20.0 Å². The number of nitrogens with zero attached hydrogens (tertiary/aromatic N) is 3. The Hall–Kier alpha value is -2.58. The number of aromatic nitrogens is 2. The SMILES string of the molecule is Cc1c(C(=O)N(C)C2CCOC2)sc2ncnc(NCc3cccc(F)c3)c12. The van der Waals surface area contributed by atoms with Crippen molar-refractivity contribution in [3.8, 4) is 0 Å². The van der Waals surface area contributed by atoms with Crippen molar-refractivity contribution in [3.63, 3.8) is 0 Å². The molecule has 0 radical (unpaired) electrons. The molecule has 6 nitrogen and oxygen atoms in total. The van der Waals surface area contributed by atoms with E-state index in [0.29, 0.717) is 30.5 Å². The van der Waals surface area contributed by atoms with Crippen molar-refractivity contribution in [1.82, 2.24) is 14.9 Å². The van der Waals surface area contributed by atoms with Crippen molar-refractivity contribution in [1.29, 1.82) is 0 Å². The van der Waals surface area contributed by atoms with Gasteiger partial charge in [-0.15, -0.1) is 11.3 Å². The number of anilines is 1. The Labute approximate surface area is 166 Å². The zero-order valence-electron chi connectivity index (χ0n) is 15.7. The van der Waals surface area contributed by atoms with Gasteiger partial charge in [0.15, 0.2) is 0 Å². The summed E-state index contributed by atoms with van der Waals surface area (Å²) in [4.78, 5) is 24.9. The molecule has 1 aromatic carbocycles. The summed E-state index contributed by atoms with van der Waals surface area (Å²) in [6.07, 6.45) is 2.33. The van der Waals surface area contributed by atoms with Crippen LogP contribution in [0.2, 0.25) is 0 Å². The van der Waals surface area contributed by atoms with Gasteiger partial charge in [0, 0.05) is 20.2 Å². The van der Waals surface area contributed by atoms with E-state index in [1.165, 1.54) is 29.8 Å². The molecule has 0 bridgehead atoms. The molecule has 1 saturated heterocycles. The van der Waals surface area contributed by atoms with Crippen LogP contribution in [0.1, 0.15) is 27.2 Å². The molecule has 2 aromatic heterocycles. The third-order valence-electron chi connectivity index (χ3n) is 5.04. The highest BCUT2D eigenvalue weighted by Crippen LogP contribution is 2.34. The van der Waals surface area contributed by atoms with E-state index in [-0.39, 0.29) is 17.8 Å². The normalized spacial score (nSPS) is 16.5. The Morgan fingerprint density at radius 1 is 1.43 bits per heavy atom. The molecule has 146 valence electrons. The van der Waals surface area contributed by atoms with Crippen molar-refractivity contribution in [2.45, 2.75) is 25.9 Å². The number of fused-ring (bicyclic) bond motifs is 1. The highest BCUT2D eigenvalue weighted by molar-refractivity contribution is 7.20. The van der Waals surface area contributed by atoms with Gasteiger partial charge in [-0.1, -0.05) is 12.1 Å². The Morgan fingerprint density at radius 2 is 2.29 bits per heavy atom. The molecular formula is C20H21FN4O2S. The summed E-state index contributed by atoms with van der Waals surface area (Å²) in [6, 6.07) is 6.53. The van der Waals surface area contributed by atoms with E-state index >= 15 is 0 Å². The van der Waals surface area contributed by atoms with Gasteiger partial charge in [-0.2, -0.15) is 0 Å². The number of nitrogens with one attached hydrogen (secondary N) is 1. The van der Waals surface area contributed by atoms with Crippen molar-refractivity contribution < 1.29 is 13.9 Å². The molecule has 28 heavy (non-hydrogen) atoms. The largest absolute Gasteiger partial charge is 0.379 e. The number of hydrogen-bond acceptors (Lipinski definition) is 6. The zero-order valence-corrected chi connectivity index (χ0v) is 16.6. The van der Waals surface area contributed by atoms with Gasteiger partial charge in [0.05, 0.1) is 22.9 Å². The Bertz CT molecular complexity index is 1020. The molecule has 0 saturated carbocycles. The van der Waals surface area contributed by atoms with E-state index in [9.17, 15) is 9.18 Å². The van der Waals surface area contributed by atoms with Crippen LogP contribution in [-0.2, 0) is 11.3 Å². The molecule has 1 atom stereocenters. The summed E-state index contributed by atoms with van der Waals surface area (Å²) in [7, 11) is 1.82. The van der Waals surface area contributed by atoms with Gasteiger partial charge in [-0.25, -0.2) is 14.4 Å². The standard InChI is InChI=1S/C20H21FN4O2S/c1-12-16-18(22-9-13-4-3-5-14(21)8-13)23-11-24-19(16)28-17(12)20(26)25(2)15-6-7-27-10-15/h3-5,8,11,15H,6-7,9-10H2,1-2H3,(H,22,23,24). The smallest absolute Gasteiger partial charge is 0.264 e. The number of thiophene rings is 1. The fourth-order valence-electron chi connectivity index (χ4n) is 3.40. The summed E-state index contributed by atoms with van der Waals surface area (Å²) in [5.74, 6) is 0.353. The molecular weight excluding hydrogens is 379 g/mol. The van der Waals surface area contributed by atoms with Gasteiger partial charge in [0.1, 0.15) is 22.8 Å². The van der Waals surface area contributed by atoms with Gasteiger partial charge in [-0.3, -0.25) is 4.79 Å². The molecule has 1 amide bonds. The number of rotatable bonds is 5. The minimum Gasteiger partial charge on any atom is -0.379 e. The summed E-state index contributed by atoms with van der Waals surface area (Å²) < 4.78 is 18.8. The number of likely N-dealkylation sites (N-methyl/N-ethyl adjacent to an activating group) is 1. The fraction of sp³-hybridized carbons (Fsp3) is 0.350. The molecule has 1 N–H and O–H groups in total. The Morgan fingerprint density at radius 3 is 3.04 bits per heavy atom. The summed E-state index contributed by atoms with van der Waals surface area (Å²) >= 11 is 1.37. The molecule has 1 unspecified atom stereocenters. The predicted molar refractivity (Wildman–Crippen MR) is 107 cm³/mol. The maximum Gasteiger partial charge on any atom is 0.264 e. The lowest BCUT2D eigenvalue weighted by molar-refractivity contribution is 0.0715. The first-order valence-corrected chi connectivity index (χ1v) is 9.93. The van der Waals surface area contributed by atoms with Crippen LogP contribution < -0.4 is 5.32 Å². The molecule has 3 aromatic rings. The quantitative estimate of drug-likeness (QED) is 0.709. The fourth-order valence-corrected chi connectivity index (χ4v) is 4.53. The van der Waals surface area contributed by atoms with Crippen LogP contribution in [0.5, 0.6) is 0 Å². The molecule has 3 heterocycles. The minimum atomic E-state index is -0.273. The number of ether oxygens (including phenoxy) is 1. The highest BCUT2D eigenvalue weighted by Gasteiger charge is 2.28. The van der Waals surface area contributed by atoms with Crippen molar-refractivity contribution in [2.24, 2.45) is 0 Å². The van der Waals surface area contributed by atoms with Crippen LogP contribution in [0.15, 0.2) is 30.6 Å². The van der Waals surface area contributed by atoms with Crippen molar-refractivity contribution in [2.75, 3.05) is 25.6 Å². The second-order valence-corrected chi connectivity index (χ2v) is 7.87. The number of amides is 1. The average Bonchev–Trinajstić information content (AvgIpc) is 3.34. The van der Waals surface area contributed by atoms with Gasteiger partial charge in [0.25, 0.3) is 5.91 Å². The number of hydrogen-bond donors (Lipinski definition) is 1. The lowest BCUT2D eigenvalue weighted by Gasteiger charge is -2.22. The van der Waals surface area contributed by atoms with Crippen LogP contribution in [0.25, 0.3) is 10.2 Å². The molecule has 1 aliphatic rings. The number of benzene rings is 1. The summed E-state index contributed by atoms with van der Waals surface area (Å²) in [6.45, 7) is 3.61. The molecule has 0 spiro atoms. The third-order valence-corrected chi connectivity index (χ3v) is 6.23. The zero-order chi connectivity index (χ0) is 19.7. The topological polar surface area (TPSA) is 67.4 Å². The van der Waals surface area contributed by atoms with Gasteiger partial charge >= 0.3 is 0 Å². The average molecular weight is 400 g/mol.